The molecule has 0 bridgehead atoms. The lowest BCUT2D eigenvalue weighted by Crippen LogP contribution is -2.38. The third-order valence-electron chi connectivity index (χ3n) is 3.81. The number of ether oxygens (including phenoxy) is 1. The molecule has 1 saturated heterocycles. The van der Waals surface area contributed by atoms with Crippen molar-refractivity contribution in [3.8, 4) is 0 Å². The Hall–Kier alpha value is -1.81. The Kier molecular flexibility index (Phi) is 4.55. The molecule has 110 valence electrons. The van der Waals surface area contributed by atoms with Gasteiger partial charge in [-0.25, -0.2) is 4.79 Å². The smallest absolute Gasteiger partial charge is 0.410 e. The topological polar surface area (TPSA) is 29.5 Å². The summed E-state index contributed by atoms with van der Waals surface area (Å²) < 4.78 is 5.49. The van der Waals surface area contributed by atoms with Crippen molar-refractivity contribution in [1.29, 1.82) is 0 Å². The molecule has 3 rings (SSSR count). The van der Waals surface area contributed by atoms with E-state index in [-0.39, 0.29) is 12.1 Å². The molecule has 0 spiro atoms. The van der Waals surface area contributed by atoms with Crippen molar-refractivity contribution in [2.75, 3.05) is 6.54 Å². The average Bonchev–Trinajstić information content (AvgIpc) is 3.08. The van der Waals surface area contributed by atoms with Gasteiger partial charge in [0.2, 0.25) is 0 Å². The average molecular weight is 301 g/mol. The highest BCUT2D eigenvalue weighted by molar-refractivity contribution is 7.10. The first-order valence-corrected chi connectivity index (χ1v) is 8.23. The van der Waals surface area contributed by atoms with Crippen LogP contribution in [0.5, 0.6) is 0 Å². The minimum atomic E-state index is -0.197. The molecule has 0 saturated carbocycles. The number of piperidine rings is 1. The first-order valence-electron chi connectivity index (χ1n) is 7.35. The van der Waals surface area contributed by atoms with Gasteiger partial charge in [0.1, 0.15) is 6.61 Å². The molecule has 4 heteroatoms. The van der Waals surface area contributed by atoms with Crippen molar-refractivity contribution in [1.82, 2.24) is 4.90 Å². The zero-order valence-electron chi connectivity index (χ0n) is 11.9. The Morgan fingerprint density at radius 2 is 2.05 bits per heavy atom. The van der Waals surface area contributed by atoms with Crippen LogP contribution in [-0.4, -0.2) is 17.5 Å². The molecule has 2 heterocycles. The predicted octanol–water partition coefficient (Wildman–Crippen LogP) is 4.61. The molecule has 1 aromatic carbocycles. The van der Waals surface area contributed by atoms with Crippen LogP contribution in [0.25, 0.3) is 0 Å². The Labute approximate surface area is 129 Å². The monoisotopic (exact) mass is 301 g/mol. The van der Waals surface area contributed by atoms with Crippen LogP contribution < -0.4 is 0 Å². The number of thiophene rings is 1. The van der Waals surface area contributed by atoms with E-state index in [4.69, 9.17) is 4.74 Å². The van der Waals surface area contributed by atoms with Gasteiger partial charge in [0.25, 0.3) is 0 Å². The quantitative estimate of drug-likeness (QED) is 0.828. The van der Waals surface area contributed by atoms with Crippen molar-refractivity contribution in [3.05, 3.63) is 58.3 Å². The molecule has 21 heavy (non-hydrogen) atoms. The van der Waals surface area contributed by atoms with Crippen LogP contribution in [0.1, 0.15) is 35.7 Å². The molecule has 3 nitrogen and oxygen atoms in total. The molecule has 1 aliphatic heterocycles. The number of nitrogens with zero attached hydrogens (tertiary/aromatic N) is 1. The summed E-state index contributed by atoms with van der Waals surface area (Å²) in [4.78, 5) is 15.5. The molecular weight excluding hydrogens is 282 g/mol. The van der Waals surface area contributed by atoms with Crippen molar-refractivity contribution in [2.24, 2.45) is 0 Å². The number of hydrogen-bond acceptors (Lipinski definition) is 3. The fraction of sp³-hybridized carbons (Fsp3) is 0.353. The van der Waals surface area contributed by atoms with Gasteiger partial charge in [0.05, 0.1) is 6.04 Å². The van der Waals surface area contributed by atoms with E-state index in [1.807, 2.05) is 41.3 Å². The summed E-state index contributed by atoms with van der Waals surface area (Å²) in [6.45, 7) is 1.13. The zero-order chi connectivity index (χ0) is 14.5. The van der Waals surface area contributed by atoms with Gasteiger partial charge in [-0.15, -0.1) is 11.3 Å². The van der Waals surface area contributed by atoms with E-state index < -0.39 is 0 Å². The molecule has 0 N–H and O–H groups in total. The zero-order valence-corrected chi connectivity index (χ0v) is 12.7. The lowest BCUT2D eigenvalue weighted by molar-refractivity contribution is 0.0687. The molecule has 1 fully saturated rings. The standard InChI is InChI=1S/C17H19NO2S/c19-17(20-13-14-7-2-1-3-8-14)18-11-5-4-9-15(18)16-10-6-12-21-16/h1-3,6-8,10,12,15H,4-5,9,11,13H2/t15-/m0/s1. The van der Waals surface area contributed by atoms with E-state index in [1.165, 1.54) is 11.3 Å². The van der Waals surface area contributed by atoms with Crippen molar-refractivity contribution in [3.63, 3.8) is 0 Å². The molecule has 1 aromatic heterocycles. The third kappa shape index (κ3) is 3.45. The molecule has 1 aliphatic rings. The Morgan fingerprint density at radius 3 is 2.81 bits per heavy atom. The molecule has 1 atom stereocenters. The Morgan fingerprint density at radius 1 is 1.19 bits per heavy atom. The highest BCUT2D eigenvalue weighted by Crippen LogP contribution is 2.33. The van der Waals surface area contributed by atoms with E-state index in [9.17, 15) is 4.79 Å². The maximum Gasteiger partial charge on any atom is 0.410 e. The van der Waals surface area contributed by atoms with Crippen LogP contribution >= 0.6 is 11.3 Å². The van der Waals surface area contributed by atoms with Gasteiger partial charge in [-0.2, -0.15) is 0 Å². The summed E-state index contributed by atoms with van der Waals surface area (Å²) in [7, 11) is 0. The molecule has 2 aromatic rings. The summed E-state index contributed by atoms with van der Waals surface area (Å²) in [6, 6.07) is 14.2. The lowest BCUT2D eigenvalue weighted by Gasteiger charge is -2.34. The maximum absolute atomic E-state index is 12.4. The lowest BCUT2D eigenvalue weighted by atomic mass is 10.0. The molecule has 0 unspecified atom stereocenters. The number of likely N-dealkylation sites (tertiary alicyclic amines) is 1. The number of carbonyl (C=O) groups excluding carboxylic acids is 1. The minimum absolute atomic E-state index is 0.182. The number of hydrogen-bond donors (Lipinski definition) is 0. The Balaban J connectivity index is 1.64. The molecule has 1 amide bonds. The second kappa shape index (κ2) is 6.76. The fourth-order valence-electron chi connectivity index (χ4n) is 2.73. The molecule has 0 radical (unpaired) electrons. The van der Waals surface area contributed by atoms with Crippen molar-refractivity contribution in [2.45, 2.75) is 31.9 Å². The van der Waals surface area contributed by atoms with Crippen LogP contribution in [0.2, 0.25) is 0 Å². The van der Waals surface area contributed by atoms with Gasteiger partial charge in [0, 0.05) is 11.4 Å². The van der Waals surface area contributed by atoms with E-state index in [2.05, 4.69) is 11.4 Å². The summed E-state index contributed by atoms with van der Waals surface area (Å²) in [6.07, 6.45) is 3.06. The van der Waals surface area contributed by atoms with E-state index in [1.54, 1.807) is 11.3 Å². The summed E-state index contributed by atoms with van der Waals surface area (Å²) in [5.74, 6) is 0. The van der Waals surface area contributed by atoms with E-state index in [0.29, 0.717) is 6.61 Å². The van der Waals surface area contributed by atoms with Gasteiger partial charge in [-0.05, 0) is 36.3 Å². The second-order valence-electron chi connectivity index (χ2n) is 5.26. The minimum Gasteiger partial charge on any atom is -0.445 e. The summed E-state index contributed by atoms with van der Waals surface area (Å²) in [5.41, 5.74) is 1.02. The van der Waals surface area contributed by atoms with Crippen molar-refractivity contribution < 1.29 is 9.53 Å². The van der Waals surface area contributed by atoms with Crippen LogP contribution in [0.15, 0.2) is 47.8 Å². The van der Waals surface area contributed by atoms with Gasteiger partial charge in [-0.1, -0.05) is 36.4 Å². The van der Waals surface area contributed by atoms with Gasteiger partial charge >= 0.3 is 6.09 Å². The van der Waals surface area contributed by atoms with E-state index >= 15 is 0 Å². The number of rotatable bonds is 3. The first-order chi connectivity index (χ1) is 10.3. The second-order valence-corrected chi connectivity index (χ2v) is 6.24. The summed E-state index contributed by atoms with van der Waals surface area (Å²) in [5, 5.41) is 2.07. The normalized spacial score (nSPS) is 18.5. The molecule has 0 aliphatic carbocycles. The maximum atomic E-state index is 12.4. The SMILES string of the molecule is O=C(OCc1ccccc1)N1CCCC[C@H]1c1cccs1. The van der Waals surface area contributed by atoms with Crippen LogP contribution in [-0.2, 0) is 11.3 Å². The van der Waals surface area contributed by atoms with Crippen LogP contribution in [0, 0.1) is 0 Å². The van der Waals surface area contributed by atoms with Crippen LogP contribution in [0.3, 0.4) is 0 Å². The fourth-order valence-corrected chi connectivity index (χ4v) is 3.60. The predicted molar refractivity (Wildman–Crippen MR) is 84.2 cm³/mol. The molecular formula is C17H19NO2S. The summed E-state index contributed by atoms with van der Waals surface area (Å²) >= 11 is 1.72. The van der Waals surface area contributed by atoms with Gasteiger partial charge < -0.3 is 9.64 Å². The number of amides is 1. The largest absolute Gasteiger partial charge is 0.445 e. The number of carbonyl (C=O) groups is 1. The highest BCUT2D eigenvalue weighted by Gasteiger charge is 2.29. The van der Waals surface area contributed by atoms with Crippen molar-refractivity contribution >= 4 is 17.4 Å². The Bertz CT molecular complexity index is 568. The third-order valence-corrected chi connectivity index (χ3v) is 4.79. The van der Waals surface area contributed by atoms with Gasteiger partial charge in [-0.3, -0.25) is 0 Å². The first kappa shape index (κ1) is 14.1. The van der Waals surface area contributed by atoms with E-state index in [0.717, 1.165) is 24.9 Å². The number of benzene rings is 1. The van der Waals surface area contributed by atoms with Gasteiger partial charge in [0.15, 0.2) is 0 Å². The van der Waals surface area contributed by atoms with Crippen LogP contribution in [0.4, 0.5) is 4.79 Å². The highest BCUT2D eigenvalue weighted by atomic mass is 32.1.